The van der Waals surface area contributed by atoms with Gasteiger partial charge in [-0.15, -0.1) is 24.2 Å². The van der Waals surface area contributed by atoms with Crippen LogP contribution in [-0.2, 0) is 0 Å². The summed E-state index contributed by atoms with van der Waals surface area (Å²) in [5.41, 5.74) is 0.370. The summed E-state index contributed by atoms with van der Waals surface area (Å²) < 4.78 is 0. The van der Waals surface area contributed by atoms with E-state index in [-0.39, 0.29) is 30.0 Å². The van der Waals surface area contributed by atoms with Gasteiger partial charge in [-0.05, 0) is 25.3 Å². The number of carbonyl (C=O) groups excluding carboxylic acids is 1. The van der Waals surface area contributed by atoms with Crippen LogP contribution in [0.2, 0.25) is 0 Å². The minimum atomic E-state index is -0.441. The minimum absolute atomic E-state index is 0. The van der Waals surface area contributed by atoms with Crippen LogP contribution in [0.4, 0.5) is 5.69 Å². The monoisotopic (exact) mass is 331 g/mol. The molecule has 1 N–H and O–H groups in total. The van der Waals surface area contributed by atoms with Gasteiger partial charge in [0.2, 0.25) is 0 Å². The molecule has 1 aromatic rings. The molecule has 0 radical (unpaired) electrons. The topological polar surface area (TPSA) is 75.5 Å². The van der Waals surface area contributed by atoms with Crippen molar-refractivity contribution in [2.45, 2.75) is 17.9 Å². The van der Waals surface area contributed by atoms with Gasteiger partial charge in [0.25, 0.3) is 11.6 Å². The molecule has 0 bridgehead atoms. The standard InChI is InChI=1S/C13H17N3O3S.ClH/c1-9-8-14-5-6-15(9)13(17)10-3-4-12(20-2)11(7-10)16(18)19;/h3-4,7,9,14H,5-6,8H2,1-2H3;1H. The van der Waals surface area contributed by atoms with Gasteiger partial charge >= 0.3 is 0 Å². The Bertz CT molecular complexity index is 541. The Kier molecular flexibility index (Phi) is 6.44. The number of carbonyl (C=O) groups is 1. The summed E-state index contributed by atoms with van der Waals surface area (Å²) in [6, 6.07) is 4.78. The molecule has 6 nitrogen and oxygen atoms in total. The molecule has 8 heteroatoms. The Morgan fingerprint density at radius 1 is 1.52 bits per heavy atom. The van der Waals surface area contributed by atoms with Crippen molar-refractivity contribution in [1.82, 2.24) is 10.2 Å². The number of nitro benzene ring substituents is 1. The fourth-order valence-corrected chi connectivity index (χ4v) is 2.82. The summed E-state index contributed by atoms with van der Waals surface area (Å²) in [6.45, 7) is 4.09. The molecule has 21 heavy (non-hydrogen) atoms. The zero-order chi connectivity index (χ0) is 14.7. The van der Waals surface area contributed by atoms with Gasteiger partial charge in [-0.25, -0.2) is 0 Å². The van der Waals surface area contributed by atoms with Crippen molar-refractivity contribution in [3.8, 4) is 0 Å². The van der Waals surface area contributed by atoms with Gasteiger partial charge in [-0.2, -0.15) is 0 Å². The van der Waals surface area contributed by atoms with Gasteiger partial charge < -0.3 is 10.2 Å². The van der Waals surface area contributed by atoms with Crippen molar-refractivity contribution in [1.29, 1.82) is 0 Å². The van der Waals surface area contributed by atoms with E-state index in [0.717, 1.165) is 13.1 Å². The maximum absolute atomic E-state index is 12.5. The highest BCUT2D eigenvalue weighted by Gasteiger charge is 2.26. The second-order valence-electron chi connectivity index (χ2n) is 4.70. The molecule has 0 aromatic heterocycles. The second-order valence-corrected chi connectivity index (χ2v) is 5.54. The van der Waals surface area contributed by atoms with Crippen LogP contribution in [0.3, 0.4) is 0 Å². The number of halogens is 1. The lowest BCUT2D eigenvalue weighted by Crippen LogP contribution is -2.52. The predicted octanol–water partition coefficient (Wildman–Crippen LogP) is 2.17. The van der Waals surface area contributed by atoms with Gasteiger partial charge in [-0.1, -0.05) is 0 Å². The summed E-state index contributed by atoms with van der Waals surface area (Å²) in [4.78, 5) is 25.4. The molecule has 2 rings (SSSR count). The molecule has 1 heterocycles. The van der Waals surface area contributed by atoms with E-state index in [2.05, 4.69) is 5.32 Å². The fraction of sp³-hybridized carbons (Fsp3) is 0.462. The predicted molar refractivity (Wildman–Crippen MR) is 85.5 cm³/mol. The van der Waals surface area contributed by atoms with Crippen LogP contribution >= 0.6 is 24.2 Å². The number of benzene rings is 1. The van der Waals surface area contributed by atoms with E-state index in [1.165, 1.54) is 17.8 Å². The van der Waals surface area contributed by atoms with Crippen molar-refractivity contribution < 1.29 is 9.72 Å². The van der Waals surface area contributed by atoms with E-state index in [0.29, 0.717) is 17.0 Å². The number of nitrogens with one attached hydrogen (secondary N) is 1. The minimum Gasteiger partial charge on any atom is -0.333 e. The van der Waals surface area contributed by atoms with Crippen LogP contribution in [0, 0.1) is 10.1 Å². The van der Waals surface area contributed by atoms with Gasteiger partial charge in [-0.3, -0.25) is 14.9 Å². The van der Waals surface area contributed by atoms with Crippen molar-refractivity contribution in [2.24, 2.45) is 0 Å². The highest BCUT2D eigenvalue weighted by atomic mass is 35.5. The summed E-state index contributed by atoms with van der Waals surface area (Å²) in [7, 11) is 0. The van der Waals surface area contributed by atoms with Crippen LogP contribution < -0.4 is 5.32 Å². The molecule has 1 saturated heterocycles. The molecule has 1 atom stereocenters. The molecule has 0 aliphatic carbocycles. The lowest BCUT2D eigenvalue weighted by Gasteiger charge is -2.34. The normalized spacial score (nSPS) is 18.0. The highest BCUT2D eigenvalue weighted by molar-refractivity contribution is 7.98. The molecule has 1 fully saturated rings. The van der Waals surface area contributed by atoms with E-state index in [4.69, 9.17) is 0 Å². The molecular formula is C13H18ClN3O3S. The first-order valence-electron chi connectivity index (χ1n) is 6.38. The van der Waals surface area contributed by atoms with Crippen LogP contribution in [0.5, 0.6) is 0 Å². The zero-order valence-electron chi connectivity index (χ0n) is 11.9. The number of nitro groups is 1. The summed E-state index contributed by atoms with van der Waals surface area (Å²) in [5, 5.41) is 14.3. The molecule has 1 aliphatic heterocycles. The molecule has 0 saturated carbocycles. The Balaban J connectivity index is 0.00000220. The molecule has 1 amide bonds. The Hall–Kier alpha value is -1.31. The van der Waals surface area contributed by atoms with Crippen LogP contribution in [0.15, 0.2) is 23.1 Å². The van der Waals surface area contributed by atoms with E-state index >= 15 is 0 Å². The fourth-order valence-electron chi connectivity index (χ4n) is 2.27. The van der Waals surface area contributed by atoms with Crippen molar-refractivity contribution in [2.75, 3.05) is 25.9 Å². The van der Waals surface area contributed by atoms with E-state index in [1.807, 2.05) is 6.92 Å². The lowest BCUT2D eigenvalue weighted by molar-refractivity contribution is -0.387. The Morgan fingerprint density at radius 2 is 2.24 bits per heavy atom. The number of rotatable bonds is 3. The van der Waals surface area contributed by atoms with Crippen LogP contribution in [0.25, 0.3) is 0 Å². The summed E-state index contributed by atoms with van der Waals surface area (Å²) >= 11 is 1.30. The number of piperazine rings is 1. The maximum atomic E-state index is 12.5. The molecule has 116 valence electrons. The molecule has 0 spiro atoms. The largest absolute Gasteiger partial charge is 0.333 e. The van der Waals surface area contributed by atoms with Crippen LogP contribution in [0.1, 0.15) is 17.3 Å². The first kappa shape index (κ1) is 17.7. The summed E-state index contributed by atoms with van der Waals surface area (Å²) in [6.07, 6.45) is 1.78. The molecule has 1 aliphatic rings. The number of thioether (sulfide) groups is 1. The summed E-state index contributed by atoms with van der Waals surface area (Å²) in [5.74, 6) is -0.144. The van der Waals surface area contributed by atoms with Crippen molar-refractivity contribution in [3.63, 3.8) is 0 Å². The molecule has 1 unspecified atom stereocenters. The number of hydrogen-bond donors (Lipinski definition) is 1. The quantitative estimate of drug-likeness (QED) is 0.522. The SMILES string of the molecule is CSc1ccc(C(=O)N2CCNCC2C)cc1[N+](=O)[O-].Cl. The lowest BCUT2D eigenvalue weighted by atomic mass is 10.1. The zero-order valence-corrected chi connectivity index (χ0v) is 13.5. The Labute approximate surface area is 133 Å². The first-order chi connectivity index (χ1) is 9.54. The van der Waals surface area contributed by atoms with Crippen molar-refractivity contribution >= 4 is 35.8 Å². The number of amides is 1. The average Bonchev–Trinajstić information content (AvgIpc) is 2.46. The Morgan fingerprint density at radius 3 is 2.81 bits per heavy atom. The van der Waals surface area contributed by atoms with E-state index in [9.17, 15) is 14.9 Å². The van der Waals surface area contributed by atoms with Gasteiger partial charge in [0.05, 0.1) is 9.82 Å². The maximum Gasteiger partial charge on any atom is 0.283 e. The third-order valence-electron chi connectivity index (χ3n) is 3.38. The van der Waals surface area contributed by atoms with Gasteiger partial charge in [0, 0.05) is 37.3 Å². The smallest absolute Gasteiger partial charge is 0.283 e. The van der Waals surface area contributed by atoms with Gasteiger partial charge in [0.15, 0.2) is 0 Å². The number of hydrogen-bond acceptors (Lipinski definition) is 5. The molecular weight excluding hydrogens is 314 g/mol. The van der Waals surface area contributed by atoms with Crippen LogP contribution in [-0.4, -0.2) is 47.7 Å². The van der Waals surface area contributed by atoms with Crippen molar-refractivity contribution in [3.05, 3.63) is 33.9 Å². The molecule has 1 aromatic carbocycles. The highest BCUT2D eigenvalue weighted by Crippen LogP contribution is 2.28. The third kappa shape index (κ3) is 3.87. The number of nitrogens with zero attached hydrogens (tertiary/aromatic N) is 2. The average molecular weight is 332 g/mol. The first-order valence-corrected chi connectivity index (χ1v) is 7.61. The van der Waals surface area contributed by atoms with E-state index in [1.54, 1.807) is 23.3 Å². The third-order valence-corrected chi connectivity index (χ3v) is 4.17. The second kappa shape index (κ2) is 7.63. The van der Waals surface area contributed by atoms with E-state index < -0.39 is 4.92 Å². The van der Waals surface area contributed by atoms with Gasteiger partial charge in [0.1, 0.15) is 0 Å².